The van der Waals surface area contributed by atoms with E-state index in [9.17, 15) is 16.8 Å². The van der Waals surface area contributed by atoms with Gasteiger partial charge in [-0.2, -0.15) is 0 Å². The third kappa shape index (κ3) is 5.55. The molecule has 0 aromatic heterocycles. The number of rotatable bonds is 9. The Morgan fingerprint density at radius 1 is 0.964 bits per heavy atom. The summed E-state index contributed by atoms with van der Waals surface area (Å²) in [5.41, 5.74) is 0.834. The highest BCUT2D eigenvalue weighted by atomic mass is 35.5. The molecule has 6 nitrogen and oxygen atoms in total. The zero-order valence-electron chi connectivity index (χ0n) is 16.1. The standard InChI is InChI=1S/C19H25ClN2O4S2/c1-4-22(5-2)19(17-11-6-7-12-18(17)20)14-21-28(25,26)16-10-8-9-15(13-16)27(3,23)24/h6-13,19,21H,4-5,14H2,1-3H3/t19-/m0/s1. The molecule has 28 heavy (non-hydrogen) atoms. The molecule has 0 aliphatic rings. The van der Waals surface area contributed by atoms with Crippen LogP contribution in [0.15, 0.2) is 58.3 Å². The number of hydrogen-bond donors (Lipinski definition) is 1. The molecule has 154 valence electrons. The van der Waals surface area contributed by atoms with Crippen molar-refractivity contribution in [3.05, 3.63) is 59.1 Å². The highest BCUT2D eigenvalue weighted by Crippen LogP contribution is 2.27. The number of halogens is 1. The molecule has 1 N–H and O–H groups in total. The van der Waals surface area contributed by atoms with Crippen LogP contribution in [0.2, 0.25) is 5.02 Å². The van der Waals surface area contributed by atoms with Crippen LogP contribution >= 0.6 is 11.6 Å². The van der Waals surface area contributed by atoms with E-state index in [-0.39, 0.29) is 22.4 Å². The lowest BCUT2D eigenvalue weighted by molar-refractivity contribution is 0.220. The van der Waals surface area contributed by atoms with Crippen LogP contribution in [-0.2, 0) is 19.9 Å². The van der Waals surface area contributed by atoms with Gasteiger partial charge in [-0.3, -0.25) is 4.90 Å². The average Bonchev–Trinajstić information content (AvgIpc) is 2.65. The van der Waals surface area contributed by atoms with Gasteiger partial charge < -0.3 is 0 Å². The van der Waals surface area contributed by atoms with Crippen LogP contribution in [0.3, 0.4) is 0 Å². The smallest absolute Gasteiger partial charge is 0.240 e. The molecule has 0 aliphatic heterocycles. The first kappa shape index (κ1) is 22.8. The Labute approximate surface area is 172 Å². The number of nitrogens with one attached hydrogen (secondary N) is 1. The van der Waals surface area contributed by atoms with Crippen molar-refractivity contribution in [1.82, 2.24) is 9.62 Å². The van der Waals surface area contributed by atoms with Crippen molar-refractivity contribution >= 4 is 31.5 Å². The minimum atomic E-state index is -3.89. The number of hydrogen-bond acceptors (Lipinski definition) is 5. The van der Waals surface area contributed by atoms with Crippen LogP contribution < -0.4 is 4.72 Å². The number of nitrogens with zero attached hydrogens (tertiary/aromatic N) is 1. The molecule has 0 fully saturated rings. The van der Waals surface area contributed by atoms with Crippen LogP contribution in [-0.4, -0.2) is 47.6 Å². The third-order valence-electron chi connectivity index (χ3n) is 4.53. The zero-order chi connectivity index (χ0) is 20.9. The maximum Gasteiger partial charge on any atom is 0.240 e. The van der Waals surface area contributed by atoms with Gasteiger partial charge in [0, 0.05) is 23.9 Å². The van der Waals surface area contributed by atoms with Gasteiger partial charge in [-0.05, 0) is 42.9 Å². The minimum absolute atomic E-state index is 0.0400. The molecule has 2 rings (SSSR count). The maximum atomic E-state index is 12.8. The van der Waals surface area contributed by atoms with Crippen LogP contribution in [0.4, 0.5) is 0 Å². The second kappa shape index (κ2) is 9.37. The second-order valence-electron chi connectivity index (χ2n) is 6.36. The van der Waals surface area contributed by atoms with E-state index in [1.54, 1.807) is 6.07 Å². The maximum absolute atomic E-state index is 12.8. The van der Waals surface area contributed by atoms with Gasteiger partial charge in [0.2, 0.25) is 10.0 Å². The molecular weight excluding hydrogens is 420 g/mol. The molecule has 0 spiro atoms. The van der Waals surface area contributed by atoms with E-state index in [1.165, 1.54) is 24.3 Å². The predicted octanol–water partition coefficient (Wildman–Crippen LogP) is 3.10. The van der Waals surface area contributed by atoms with Crippen LogP contribution in [0.25, 0.3) is 0 Å². The predicted molar refractivity (Wildman–Crippen MR) is 112 cm³/mol. The van der Waals surface area contributed by atoms with Gasteiger partial charge in [0.05, 0.1) is 9.79 Å². The molecule has 2 aromatic rings. The summed E-state index contributed by atoms with van der Waals surface area (Å²) in [6, 6.07) is 12.4. The zero-order valence-corrected chi connectivity index (χ0v) is 18.5. The Kier molecular flexibility index (Phi) is 7.64. The fourth-order valence-electron chi connectivity index (χ4n) is 2.99. The SMILES string of the molecule is CCN(CC)[C@@H](CNS(=O)(=O)c1cccc(S(C)(=O)=O)c1)c1ccccc1Cl. The van der Waals surface area contributed by atoms with Gasteiger partial charge in [-0.1, -0.05) is 49.7 Å². The largest absolute Gasteiger partial charge is 0.296 e. The van der Waals surface area contributed by atoms with Crippen molar-refractivity contribution in [2.75, 3.05) is 25.9 Å². The first-order valence-electron chi connectivity index (χ1n) is 8.88. The van der Waals surface area contributed by atoms with Crippen LogP contribution in [0.5, 0.6) is 0 Å². The fourth-order valence-corrected chi connectivity index (χ4v) is 5.08. The molecule has 2 aromatic carbocycles. The number of sulfonamides is 1. The van der Waals surface area contributed by atoms with Gasteiger partial charge in [0.1, 0.15) is 0 Å². The molecular formula is C19H25ClN2O4S2. The second-order valence-corrected chi connectivity index (χ2v) is 10.5. The third-order valence-corrected chi connectivity index (χ3v) is 7.40. The summed E-state index contributed by atoms with van der Waals surface area (Å²) in [4.78, 5) is 1.98. The van der Waals surface area contributed by atoms with E-state index >= 15 is 0 Å². The van der Waals surface area contributed by atoms with Crippen molar-refractivity contribution in [1.29, 1.82) is 0 Å². The monoisotopic (exact) mass is 444 g/mol. The Hall–Kier alpha value is -1.45. The summed E-state index contributed by atoms with van der Waals surface area (Å²) in [6.07, 6.45) is 1.04. The minimum Gasteiger partial charge on any atom is -0.296 e. The molecule has 0 radical (unpaired) electrons. The van der Waals surface area contributed by atoms with Crippen molar-refractivity contribution in [2.45, 2.75) is 29.7 Å². The average molecular weight is 445 g/mol. The lowest BCUT2D eigenvalue weighted by Gasteiger charge is -2.30. The van der Waals surface area contributed by atoms with Gasteiger partial charge in [-0.15, -0.1) is 0 Å². The van der Waals surface area contributed by atoms with Crippen molar-refractivity contribution in [3.63, 3.8) is 0 Å². The Morgan fingerprint density at radius 3 is 2.14 bits per heavy atom. The highest BCUT2D eigenvalue weighted by molar-refractivity contribution is 7.91. The topological polar surface area (TPSA) is 83.6 Å². The van der Waals surface area contributed by atoms with E-state index in [2.05, 4.69) is 9.62 Å². The first-order chi connectivity index (χ1) is 13.1. The number of likely N-dealkylation sites (N-methyl/N-ethyl adjacent to an activating group) is 1. The van der Waals surface area contributed by atoms with E-state index in [1.807, 2.05) is 32.0 Å². The van der Waals surface area contributed by atoms with Crippen LogP contribution in [0.1, 0.15) is 25.5 Å². The van der Waals surface area contributed by atoms with Gasteiger partial charge in [-0.25, -0.2) is 21.6 Å². The summed E-state index contributed by atoms with van der Waals surface area (Å²) < 4.78 is 51.6. The van der Waals surface area contributed by atoms with Crippen LogP contribution in [0, 0.1) is 0 Å². The van der Waals surface area contributed by atoms with Gasteiger partial charge >= 0.3 is 0 Å². The molecule has 0 amide bonds. The molecule has 0 heterocycles. The fraction of sp³-hybridized carbons (Fsp3) is 0.368. The van der Waals surface area contributed by atoms with E-state index < -0.39 is 19.9 Å². The lowest BCUT2D eigenvalue weighted by Crippen LogP contribution is -2.38. The number of sulfone groups is 1. The Bertz CT molecular complexity index is 1020. The molecule has 0 bridgehead atoms. The van der Waals surface area contributed by atoms with E-state index in [0.717, 1.165) is 24.9 Å². The van der Waals surface area contributed by atoms with Gasteiger partial charge in [0.15, 0.2) is 9.84 Å². The molecule has 1 atom stereocenters. The summed E-state index contributed by atoms with van der Waals surface area (Å²) in [5.74, 6) is 0. The molecule has 0 saturated carbocycles. The molecule has 9 heteroatoms. The number of benzene rings is 2. The molecule has 0 saturated heterocycles. The summed E-state index contributed by atoms with van der Waals surface area (Å²) in [7, 11) is -7.40. The lowest BCUT2D eigenvalue weighted by atomic mass is 10.1. The summed E-state index contributed by atoms with van der Waals surface area (Å²) in [6.45, 7) is 5.54. The summed E-state index contributed by atoms with van der Waals surface area (Å²) in [5, 5.41) is 0.567. The summed E-state index contributed by atoms with van der Waals surface area (Å²) >= 11 is 6.34. The van der Waals surface area contributed by atoms with E-state index in [0.29, 0.717) is 5.02 Å². The molecule has 0 aliphatic carbocycles. The normalized spacial score (nSPS) is 13.6. The quantitative estimate of drug-likeness (QED) is 0.642. The van der Waals surface area contributed by atoms with E-state index in [4.69, 9.17) is 11.6 Å². The Morgan fingerprint density at radius 2 is 1.57 bits per heavy atom. The van der Waals surface area contributed by atoms with Crippen molar-refractivity contribution < 1.29 is 16.8 Å². The Balaban J connectivity index is 2.33. The molecule has 0 unspecified atom stereocenters. The van der Waals surface area contributed by atoms with Crippen molar-refractivity contribution in [2.24, 2.45) is 0 Å². The van der Waals surface area contributed by atoms with Gasteiger partial charge in [0.25, 0.3) is 0 Å². The highest BCUT2D eigenvalue weighted by Gasteiger charge is 2.24. The first-order valence-corrected chi connectivity index (χ1v) is 12.6. The van der Waals surface area contributed by atoms with Crippen molar-refractivity contribution in [3.8, 4) is 0 Å².